The van der Waals surface area contributed by atoms with Gasteiger partial charge in [0.15, 0.2) is 0 Å². The van der Waals surface area contributed by atoms with Crippen LogP contribution >= 0.6 is 0 Å². The van der Waals surface area contributed by atoms with Crippen molar-refractivity contribution in [1.82, 2.24) is 4.90 Å². The number of benzene rings is 1. The van der Waals surface area contributed by atoms with Gasteiger partial charge in [0.2, 0.25) is 0 Å². The fourth-order valence-corrected chi connectivity index (χ4v) is 2.82. The maximum absolute atomic E-state index is 13.5. The Morgan fingerprint density at radius 2 is 2.16 bits per heavy atom. The summed E-state index contributed by atoms with van der Waals surface area (Å²) in [5.74, 6) is 0. The molecule has 0 amide bonds. The van der Waals surface area contributed by atoms with E-state index in [-0.39, 0.29) is 0 Å². The van der Waals surface area contributed by atoms with Crippen LogP contribution in [0.1, 0.15) is 42.0 Å². The molecule has 1 saturated heterocycles. The van der Waals surface area contributed by atoms with Gasteiger partial charge in [0.25, 0.3) is 0 Å². The minimum Gasteiger partial charge on any atom is -0.369 e. The third-order valence-electron chi connectivity index (χ3n) is 4.23. The topological polar surface area (TPSA) is 3.24 Å². The lowest BCUT2D eigenvalue weighted by atomic mass is 9.96. The van der Waals surface area contributed by atoms with Crippen LogP contribution in [0.2, 0.25) is 0 Å². The van der Waals surface area contributed by atoms with E-state index in [1.807, 2.05) is 0 Å². The van der Waals surface area contributed by atoms with Gasteiger partial charge in [0.1, 0.15) is 6.17 Å². The Labute approximate surface area is 116 Å². The Morgan fingerprint density at radius 3 is 2.79 bits per heavy atom. The first kappa shape index (κ1) is 14.1. The average molecular weight is 261 g/mol. The first-order chi connectivity index (χ1) is 9.02. The zero-order valence-electron chi connectivity index (χ0n) is 12.3. The van der Waals surface area contributed by atoms with Gasteiger partial charge in [-0.25, -0.2) is 4.39 Å². The lowest BCUT2D eigenvalue weighted by Crippen LogP contribution is -2.34. The van der Waals surface area contributed by atoms with E-state index in [1.165, 1.54) is 16.7 Å². The second-order valence-electron chi connectivity index (χ2n) is 5.56. The summed E-state index contributed by atoms with van der Waals surface area (Å²) in [5, 5.41) is 0. The summed E-state index contributed by atoms with van der Waals surface area (Å²) in [4.78, 5) is 2.09. The van der Waals surface area contributed by atoms with Crippen LogP contribution in [0.15, 0.2) is 18.7 Å². The van der Waals surface area contributed by atoms with Crippen LogP contribution in [0, 0.1) is 13.8 Å². The highest BCUT2D eigenvalue weighted by Crippen LogP contribution is 2.26. The third-order valence-corrected chi connectivity index (χ3v) is 4.23. The van der Waals surface area contributed by atoms with Gasteiger partial charge in [-0.1, -0.05) is 13.5 Å². The summed E-state index contributed by atoms with van der Waals surface area (Å²) in [6.07, 6.45) is 1.94. The smallest absolute Gasteiger partial charge is 0.118 e. The molecule has 0 saturated carbocycles. The lowest BCUT2D eigenvalue weighted by Gasteiger charge is -2.33. The van der Waals surface area contributed by atoms with E-state index < -0.39 is 6.17 Å². The lowest BCUT2D eigenvalue weighted by molar-refractivity contribution is 0.188. The van der Waals surface area contributed by atoms with Gasteiger partial charge in [0, 0.05) is 18.8 Å². The number of likely N-dealkylation sites (tertiary alicyclic amines) is 1. The molecular weight excluding hydrogens is 237 g/mol. The average Bonchev–Trinajstić information content (AvgIpc) is 2.41. The predicted octanol–water partition coefficient (Wildman–Crippen LogP) is 4.27. The van der Waals surface area contributed by atoms with Crippen LogP contribution in [-0.4, -0.2) is 24.2 Å². The first-order valence-corrected chi connectivity index (χ1v) is 7.21. The fraction of sp³-hybridized carbons (Fsp3) is 0.529. The van der Waals surface area contributed by atoms with Gasteiger partial charge < -0.3 is 4.90 Å². The molecule has 0 aromatic heterocycles. The Bertz CT molecular complexity index is 478. The molecule has 1 atom stereocenters. The van der Waals surface area contributed by atoms with Crippen LogP contribution in [-0.2, 0) is 6.42 Å². The van der Waals surface area contributed by atoms with Gasteiger partial charge in [-0.05, 0) is 67.5 Å². The zero-order chi connectivity index (χ0) is 14.0. The number of hydrogen-bond donors (Lipinski definition) is 0. The standard InChI is InChI=1S/C17H24FN/c1-5-15-10-16(9-12(2)13(15)3)14(4)19-8-6-7-17(18)11-19/h9-10,17H,4-8,11H2,1-3H3. The van der Waals surface area contributed by atoms with E-state index in [2.05, 4.69) is 44.4 Å². The molecule has 2 rings (SSSR count). The molecule has 0 aliphatic carbocycles. The minimum atomic E-state index is -0.706. The molecule has 0 spiro atoms. The van der Waals surface area contributed by atoms with E-state index in [0.29, 0.717) is 13.0 Å². The van der Waals surface area contributed by atoms with Crippen molar-refractivity contribution in [2.45, 2.75) is 46.2 Å². The SMILES string of the molecule is C=C(c1cc(C)c(C)c(CC)c1)N1CCCC(F)C1. The van der Waals surface area contributed by atoms with Crippen molar-refractivity contribution in [1.29, 1.82) is 0 Å². The Balaban J connectivity index is 2.26. The number of nitrogens with zero attached hydrogens (tertiary/aromatic N) is 1. The van der Waals surface area contributed by atoms with Crippen LogP contribution in [0.5, 0.6) is 0 Å². The number of hydrogen-bond acceptors (Lipinski definition) is 1. The molecule has 104 valence electrons. The first-order valence-electron chi connectivity index (χ1n) is 7.21. The molecule has 19 heavy (non-hydrogen) atoms. The highest BCUT2D eigenvalue weighted by atomic mass is 19.1. The van der Waals surface area contributed by atoms with Crippen LogP contribution in [0.4, 0.5) is 4.39 Å². The zero-order valence-corrected chi connectivity index (χ0v) is 12.3. The summed E-state index contributed by atoms with van der Waals surface area (Å²) in [6, 6.07) is 4.39. The second kappa shape index (κ2) is 5.77. The van der Waals surface area contributed by atoms with Crippen molar-refractivity contribution in [3.63, 3.8) is 0 Å². The summed E-state index contributed by atoms with van der Waals surface area (Å²) in [7, 11) is 0. The maximum Gasteiger partial charge on any atom is 0.118 e. The van der Waals surface area contributed by atoms with Crippen LogP contribution < -0.4 is 0 Å². The summed E-state index contributed by atoms with van der Waals surface area (Å²) >= 11 is 0. The molecule has 1 aromatic carbocycles. The monoisotopic (exact) mass is 261 g/mol. The number of aryl methyl sites for hydroxylation is 2. The van der Waals surface area contributed by atoms with Gasteiger partial charge in [0.05, 0.1) is 0 Å². The molecule has 1 heterocycles. The summed E-state index contributed by atoms with van der Waals surface area (Å²) < 4.78 is 13.5. The predicted molar refractivity (Wildman–Crippen MR) is 80.0 cm³/mol. The fourth-order valence-electron chi connectivity index (χ4n) is 2.82. The minimum absolute atomic E-state index is 0.493. The molecule has 1 fully saturated rings. The number of piperidine rings is 1. The number of halogens is 1. The van der Waals surface area contributed by atoms with Crippen LogP contribution in [0.25, 0.3) is 5.70 Å². The maximum atomic E-state index is 13.5. The van der Waals surface area contributed by atoms with Gasteiger partial charge >= 0.3 is 0 Å². The van der Waals surface area contributed by atoms with Crippen molar-refractivity contribution in [2.75, 3.05) is 13.1 Å². The van der Waals surface area contributed by atoms with Crippen molar-refractivity contribution in [2.24, 2.45) is 0 Å². The summed E-state index contributed by atoms with van der Waals surface area (Å²) in [5.41, 5.74) is 6.14. The molecule has 1 aliphatic heterocycles. The molecule has 1 unspecified atom stereocenters. The highest BCUT2D eigenvalue weighted by molar-refractivity contribution is 5.64. The molecule has 0 bridgehead atoms. The Hall–Kier alpha value is -1.31. The third kappa shape index (κ3) is 2.99. The summed E-state index contributed by atoms with van der Waals surface area (Å²) in [6.45, 7) is 12.1. The van der Waals surface area contributed by atoms with Crippen molar-refractivity contribution in [3.05, 3.63) is 41.0 Å². The van der Waals surface area contributed by atoms with Gasteiger partial charge in [-0.3, -0.25) is 0 Å². The number of rotatable bonds is 3. The Morgan fingerprint density at radius 1 is 1.42 bits per heavy atom. The van der Waals surface area contributed by atoms with E-state index >= 15 is 0 Å². The molecular formula is C17H24FN. The van der Waals surface area contributed by atoms with Gasteiger partial charge in [-0.15, -0.1) is 0 Å². The second-order valence-corrected chi connectivity index (χ2v) is 5.56. The Kier molecular flexibility index (Phi) is 4.28. The van der Waals surface area contributed by atoms with Crippen molar-refractivity contribution >= 4 is 5.70 Å². The van der Waals surface area contributed by atoms with Gasteiger partial charge in [-0.2, -0.15) is 0 Å². The molecule has 1 nitrogen and oxygen atoms in total. The van der Waals surface area contributed by atoms with Crippen LogP contribution in [0.3, 0.4) is 0 Å². The van der Waals surface area contributed by atoms with Crippen molar-refractivity contribution < 1.29 is 4.39 Å². The quantitative estimate of drug-likeness (QED) is 0.785. The van der Waals surface area contributed by atoms with Crippen molar-refractivity contribution in [3.8, 4) is 0 Å². The largest absolute Gasteiger partial charge is 0.369 e. The normalized spacial score (nSPS) is 19.6. The molecule has 1 aliphatic rings. The molecule has 2 heteroatoms. The van der Waals surface area contributed by atoms with E-state index in [1.54, 1.807) is 0 Å². The molecule has 0 N–H and O–H groups in total. The highest BCUT2D eigenvalue weighted by Gasteiger charge is 2.21. The molecule has 0 radical (unpaired) electrons. The van der Waals surface area contributed by atoms with E-state index in [0.717, 1.165) is 30.6 Å². The van der Waals surface area contributed by atoms with E-state index in [4.69, 9.17) is 0 Å². The molecule has 1 aromatic rings. The van der Waals surface area contributed by atoms with E-state index in [9.17, 15) is 4.39 Å². The number of alkyl halides is 1.